The molecule has 2 saturated carbocycles. The molecule has 0 aliphatic heterocycles. The molecule has 0 saturated heterocycles. The predicted molar refractivity (Wildman–Crippen MR) is 96.4 cm³/mol. The number of carbonyl (C=O) groups excluding carboxylic acids is 1. The maximum atomic E-state index is 12.5. The summed E-state index contributed by atoms with van der Waals surface area (Å²) in [7, 11) is 0. The first-order valence-electron chi connectivity index (χ1n) is 8.74. The molecule has 2 fully saturated rings. The van der Waals surface area contributed by atoms with Crippen molar-refractivity contribution in [2.75, 3.05) is 6.61 Å². The topological polar surface area (TPSA) is 26.3 Å². The van der Waals surface area contributed by atoms with Crippen molar-refractivity contribution in [2.45, 2.75) is 20.3 Å². The summed E-state index contributed by atoms with van der Waals surface area (Å²) in [6.45, 7) is 5.33. The standard InChI is InChI=1S/C21H21BrO2/c1-19-11-3-4-16-15(19)9-10-17-20(16,2)21(17,19)12-24-18(23)13-5-7-14(22)8-6-13/h3,5-11,15-17H,4,12H2,1-2H3. The molecule has 6 unspecified atom stereocenters. The van der Waals surface area contributed by atoms with E-state index in [2.05, 4.69) is 54.1 Å². The minimum absolute atomic E-state index is 0.0854. The average Bonchev–Trinajstić information content (AvgIpc) is 3.14. The molecule has 2 nitrogen and oxygen atoms in total. The highest BCUT2D eigenvalue weighted by Crippen LogP contribution is 2.91. The first-order chi connectivity index (χ1) is 11.4. The number of allylic oxidation sites excluding steroid dienone is 4. The van der Waals surface area contributed by atoms with Crippen LogP contribution in [0.25, 0.3) is 0 Å². The van der Waals surface area contributed by atoms with E-state index < -0.39 is 0 Å². The summed E-state index contributed by atoms with van der Waals surface area (Å²) in [5.74, 6) is 1.64. The summed E-state index contributed by atoms with van der Waals surface area (Å²) in [6, 6.07) is 7.40. The van der Waals surface area contributed by atoms with E-state index in [1.807, 2.05) is 24.3 Å². The summed E-state index contributed by atoms with van der Waals surface area (Å²) in [5.41, 5.74) is 1.12. The fourth-order valence-electron chi connectivity index (χ4n) is 6.61. The molecule has 0 amide bonds. The van der Waals surface area contributed by atoms with Gasteiger partial charge in [0.1, 0.15) is 0 Å². The molecule has 0 N–H and O–H groups in total. The van der Waals surface area contributed by atoms with Gasteiger partial charge in [0.25, 0.3) is 0 Å². The second-order valence-electron chi connectivity index (χ2n) is 8.25. The first-order valence-corrected chi connectivity index (χ1v) is 9.53. The third kappa shape index (κ3) is 1.43. The maximum Gasteiger partial charge on any atom is 0.338 e. The summed E-state index contributed by atoms with van der Waals surface area (Å²) in [6.07, 6.45) is 10.8. The van der Waals surface area contributed by atoms with E-state index in [1.54, 1.807) is 0 Å². The van der Waals surface area contributed by atoms with Gasteiger partial charge in [-0.05, 0) is 53.9 Å². The lowest BCUT2D eigenvalue weighted by molar-refractivity contribution is 0.0212. The van der Waals surface area contributed by atoms with Crippen molar-refractivity contribution in [3.63, 3.8) is 0 Å². The van der Waals surface area contributed by atoms with Gasteiger partial charge in [-0.3, -0.25) is 0 Å². The van der Waals surface area contributed by atoms with E-state index in [4.69, 9.17) is 4.74 Å². The van der Waals surface area contributed by atoms with Crippen LogP contribution in [0.1, 0.15) is 30.6 Å². The fourth-order valence-corrected chi connectivity index (χ4v) is 6.87. The van der Waals surface area contributed by atoms with Gasteiger partial charge in [0, 0.05) is 15.3 Å². The Kier molecular flexibility index (Phi) is 2.76. The van der Waals surface area contributed by atoms with Crippen molar-refractivity contribution in [1.29, 1.82) is 0 Å². The summed E-state index contributed by atoms with van der Waals surface area (Å²) in [4.78, 5) is 12.5. The van der Waals surface area contributed by atoms with Crippen molar-refractivity contribution in [2.24, 2.45) is 34.0 Å². The number of ether oxygens (including phenoxy) is 1. The Hall–Kier alpha value is -1.35. The molecule has 6 rings (SSSR count). The lowest BCUT2D eigenvalue weighted by Crippen LogP contribution is -2.40. The Balaban J connectivity index is 1.44. The zero-order valence-corrected chi connectivity index (χ0v) is 15.5. The van der Waals surface area contributed by atoms with Gasteiger partial charge in [-0.2, -0.15) is 0 Å². The Labute approximate surface area is 151 Å². The maximum absolute atomic E-state index is 12.5. The van der Waals surface area contributed by atoms with Gasteiger partial charge in [0.05, 0.1) is 12.2 Å². The Bertz CT molecular complexity index is 795. The Morgan fingerprint density at radius 2 is 2.00 bits per heavy atom. The van der Waals surface area contributed by atoms with Crippen LogP contribution in [-0.4, -0.2) is 12.6 Å². The van der Waals surface area contributed by atoms with Crippen LogP contribution < -0.4 is 0 Å². The second kappa shape index (κ2) is 4.43. The molecule has 6 bridgehead atoms. The predicted octanol–water partition coefficient (Wildman–Crippen LogP) is 5.01. The molecule has 5 aliphatic rings. The van der Waals surface area contributed by atoms with Crippen LogP contribution in [0.3, 0.4) is 0 Å². The van der Waals surface area contributed by atoms with E-state index in [0.29, 0.717) is 29.9 Å². The summed E-state index contributed by atoms with van der Waals surface area (Å²) in [5, 5.41) is 0. The number of benzene rings is 1. The van der Waals surface area contributed by atoms with Gasteiger partial charge in [0.2, 0.25) is 0 Å². The monoisotopic (exact) mass is 384 g/mol. The summed E-state index contributed by atoms with van der Waals surface area (Å²) >= 11 is 3.40. The third-order valence-electron chi connectivity index (χ3n) is 7.79. The van der Waals surface area contributed by atoms with Crippen LogP contribution >= 0.6 is 15.9 Å². The highest BCUT2D eigenvalue weighted by Gasteiger charge is 2.89. The van der Waals surface area contributed by atoms with Crippen molar-refractivity contribution >= 4 is 21.9 Å². The van der Waals surface area contributed by atoms with Crippen LogP contribution in [0.4, 0.5) is 0 Å². The van der Waals surface area contributed by atoms with Crippen molar-refractivity contribution in [3.05, 3.63) is 58.6 Å². The smallest absolute Gasteiger partial charge is 0.338 e. The minimum Gasteiger partial charge on any atom is -0.461 e. The number of hydrogen-bond acceptors (Lipinski definition) is 2. The van der Waals surface area contributed by atoms with Gasteiger partial charge < -0.3 is 4.74 Å². The number of carbonyl (C=O) groups is 1. The SMILES string of the molecule is CC12C=CCC3C1C=CC1C3(C)C12COC(=O)c1ccc(Br)cc1. The van der Waals surface area contributed by atoms with Gasteiger partial charge in [0.15, 0.2) is 0 Å². The van der Waals surface area contributed by atoms with Crippen molar-refractivity contribution < 1.29 is 9.53 Å². The van der Waals surface area contributed by atoms with Gasteiger partial charge in [-0.15, -0.1) is 0 Å². The number of rotatable bonds is 3. The molecule has 3 heteroatoms. The third-order valence-corrected chi connectivity index (χ3v) is 8.32. The molecule has 1 aromatic rings. The van der Waals surface area contributed by atoms with E-state index >= 15 is 0 Å². The molecule has 1 aromatic carbocycles. The highest BCUT2D eigenvalue weighted by atomic mass is 79.9. The lowest BCUT2D eigenvalue weighted by Gasteiger charge is -2.44. The first kappa shape index (κ1) is 14.9. The normalized spacial score (nSPS) is 46.0. The Morgan fingerprint density at radius 3 is 2.71 bits per heavy atom. The molecule has 124 valence electrons. The molecule has 0 aromatic heterocycles. The largest absolute Gasteiger partial charge is 0.461 e. The van der Waals surface area contributed by atoms with Gasteiger partial charge in [-0.1, -0.05) is 54.1 Å². The molecule has 6 atom stereocenters. The molecular weight excluding hydrogens is 364 g/mol. The van der Waals surface area contributed by atoms with E-state index in [9.17, 15) is 4.79 Å². The van der Waals surface area contributed by atoms with Crippen LogP contribution in [0.5, 0.6) is 0 Å². The molecule has 0 spiro atoms. The molecule has 5 aliphatic carbocycles. The zero-order chi connectivity index (χ0) is 16.7. The molecule has 0 radical (unpaired) electrons. The number of esters is 1. The quantitative estimate of drug-likeness (QED) is 0.540. The fraction of sp³-hybridized carbons (Fsp3) is 0.476. The van der Waals surface area contributed by atoms with Gasteiger partial charge in [-0.25, -0.2) is 4.79 Å². The van der Waals surface area contributed by atoms with Crippen LogP contribution in [-0.2, 0) is 4.74 Å². The Morgan fingerprint density at radius 1 is 1.25 bits per heavy atom. The highest BCUT2D eigenvalue weighted by molar-refractivity contribution is 9.10. The van der Waals surface area contributed by atoms with Crippen LogP contribution in [0, 0.1) is 34.0 Å². The average molecular weight is 385 g/mol. The van der Waals surface area contributed by atoms with Crippen molar-refractivity contribution in [1.82, 2.24) is 0 Å². The van der Waals surface area contributed by atoms with Crippen LogP contribution in [0.15, 0.2) is 53.0 Å². The number of hydrogen-bond donors (Lipinski definition) is 0. The van der Waals surface area contributed by atoms with E-state index in [0.717, 1.165) is 4.47 Å². The van der Waals surface area contributed by atoms with E-state index in [-0.39, 0.29) is 22.2 Å². The molecule has 0 heterocycles. The summed E-state index contributed by atoms with van der Waals surface area (Å²) < 4.78 is 6.84. The molecular formula is C21H21BrO2. The van der Waals surface area contributed by atoms with Crippen molar-refractivity contribution in [3.8, 4) is 0 Å². The number of halogens is 1. The minimum atomic E-state index is -0.208. The second-order valence-corrected chi connectivity index (χ2v) is 9.17. The van der Waals surface area contributed by atoms with Gasteiger partial charge >= 0.3 is 5.97 Å². The van der Waals surface area contributed by atoms with E-state index in [1.165, 1.54) is 6.42 Å². The molecule has 24 heavy (non-hydrogen) atoms. The zero-order valence-electron chi connectivity index (χ0n) is 14.0. The van der Waals surface area contributed by atoms with Crippen LogP contribution in [0.2, 0.25) is 0 Å². The lowest BCUT2D eigenvalue weighted by atomic mass is 9.60.